The molecule has 2 aliphatic heterocycles. The highest BCUT2D eigenvalue weighted by Crippen LogP contribution is 2.41. The van der Waals surface area contributed by atoms with Crippen molar-refractivity contribution in [3.05, 3.63) is 46.3 Å². The summed E-state index contributed by atoms with van der Waals surface area (Å²) in [5.74, 6) is 1.15. The number of hydrogen-bond donors (Lipinski definition) is 3. The lowest BCUT2D eigenvalue weighted by molar-refractivity contribution is 0.235. The van der Waals surface area contributed by atoms with E-state index in [-0.39, 0.29) is 0 Å². The number of benzene rings is 1. The van der Waals surface area contributed by atoms with E-state index in [9.17, 15) is 4.21 Å². The van der Waals surface area contributed by atoms with Gasteiger partial charge in [-0.15, -0.1) is 11.3 Å². The number of nitrogens with two attached hydrogens (primary N) is 1. The van der Waals surface area contributed by atoms with Crippen molar-refractivity contribution in [2.24, 2.45) is 5.14 Å². The zero-order valence-corrected chi connectivity index (χ0v) is 17.9. The number of fused-ring (bicyclic) bond motifs is 3. The second-order valence-electron chi connectivity index (χ2n) is 7.22. The summed E-state index contributed by atoms with van der Waals surface area (Å²) in [5, 5.41) is 12.0. The molecule has 3 aromatic rings. The van der Waals surface area contributed by atoms with E-state index in [4.69, 9.17) is 14.9 Å². The van der Waals surface area contributed by atoms with Gasteiger partial charge >= 0.3 is 0 Å². The van der Waals surface area contributed by atoms with Crippen molar-refractivity contribution in [2.75, 3.05) is 31.5 Å². The number of aromatic nitrogens is 2. The van der Waals surface area contributed by atoms with Gasteiger partial charge in [-0.25, -0.2) is 19.3 Å². The van der Waals surface area contributed by atoms with E-state index in [1.807, 2.05) is 6.07 Å². The highest BCUT2D eigenvalue weighted by Gasteiger charge is 2.24. The van der Waals surface area contributed by atoms with Gasteiger partial charge in [0.15, 0.2) is 5.75 Å². The Hall–Kier alpha value is -2.37. The molecule has 2 aliphatic rings. The molecule has 0 bridgehead atoms. The average Bonchev–Trinajstić information content (AvgIpc) is 3.17. The van der Waals surface area contributed by atoms with Gasteiger partial charge in [0.1, 0.15) is 23.3 Å². The highest BCUT2D eigenvalue weighted by molar-refractivity contribution is 7.82. The molecule has 0 amide bonds. The van der Waals surface area contributed by atoms with Crippen molar-refractivity contribution in [1.82, 2.24) is 20.2 Å². The average molecular weight is 443 g/mol. The standard InChI is InChI=1S/C20H22N6O2S2/c21-30(27)15-3-1-2-13(8-15)24-20-23-10-17-19(25-20)16-9-14(29-18(16)12-28-17)11-26-6-4-22-5-7-26/h1-3,8-10,22H,4-7,11-12,21H2,(H,23,24,25). The molecule has 0 aliphatic carbocycles. The molecule has 5 rings (SSSR count). The fraction of sp³-hybridized carbons (Fsp3) is 0.300. The van der Waals surface area contributed by atoms with Crippen molar-refractivity contribution < 1.29 is 8.95 Å². The molecule has 4 heterocycles. The minimum absolute atomic E-state index is 0.458. The fourth-order valence-electron chi connectivity index (χ4n) is 3.66. The normalized spacial score (nSPS) is 17.0. The first-order valence-corrected chi connectivity index (χ1v) is 11.8. The lowest BCUT2D eigenvalue weighted by Crippen LogP contribution is -2.42. The molecule has 1 aromatic carbocycles. The molecule has 0 spiro atoms. The molecule has 1 saturated heterocycles. The summed E-state index contributed by atoms with van der Waals surface area (Å²) in [6.45, 7) is 5.72. The maximum absolute atomic E-state index is 11.5. The second kappa shape index (κ2) is 8.40. The summed E-state index contributed by atoms with van der Waals surface area (Å²) < 4.78 is 17.4. The Morgan fingerprint density at radius 1 is 1.30 bits per heavy atom. The van der Waals surface area contributed by atoms with Gasteiger partial charge in [-0.2, -0.15) is 0 Å². The van der Waals surface area contributed by atoms with Crippen LogP contribution >= 0.6 is 11.3 Å². The summed E-state index contributed by atoms with van der Waals surface area (Å²) in [4.78, 5) is 14.6. The molecule has 2 aromatic heterocycles. The Labute approximate surface area is 181 Å². The van der Waals surface area contributed by atoms with Gasteiger partial charge in [0.05, 0.1) is 16.0 Å². The number of piperazine rings is 1. The number of thiophene rings is 1. The molecule has 1 unspecified atom stereocenters. The van der Waals surface area contributed by atoms with Gasteiger partial charge in [0, 0.05) is 48.9 Å². The number of hydrogen-bond acceptors (Lipinski definition) is 8. The Kier molecular flexibility index (Phi) is 5.48. The number of nitrogens with zero attached hydrogens (tertiary/aromatic N) is 3. The third-order valence-electron chi connectivity index (χ3n) is 5.14. The molecule has 0 radical (unpaired) electrons. The van der Waals surface area contributed by atoms with E-state index in [0.717, 1.165) is 49.7 Å². The van der Waals surface area contributed by atoms with Crippen LogP contribution in [0.2, 0.25) is 0 Å². The van der Waals surface area contributed by atoms with Gasteiger partial charge in [-0.05, 0) is 24.3 Å². The quantitative estimate of drug-likeness (QED) is 0.556. The number of ether oxygens (including phenoxy) is 1. The van der Waals surface area contributed by atoms with Crippen molar-refractivity contribution in [2.45, 2.75) is 18.0 Å². The lowest BCUT2D eigenvalue weighted by Gasteiger charge is -2.26. The van der Waals surface area contributed by atoms with Crippen LogP contribution in [0.25, 0.3) is 11.3 Å². The van der Waals surface area contributed by atoms with Gasteiger partial charge in [-0.3, -0.25) is 4.90 Å². The maximum Gasteiger partial charge on any atom is 0.227 e. The van der Waals surface area contributed by atoms with Crippen LogP contribution in [0, 0.1) is 0 Å². The van der Waals surface area contributed by atoms with E-state index in [0.29, 0.717) is 23.2 Å². The Morgan fingerprint density at radius 3 is 3.00 bits per heavy atom. The van der Waals surface area contributed by atoms with Gasteiger partial charge in [0.25, 0.3) is 0 Å². The third kappa shape index (κ3) is 4.09. The maximum atomic E-state index is 11.5. The van der Waals surface area contributed by atoms with Crippen LogP contribution in [0.3, 0.4) is 0 Å². The summed E-state index contributed by atoms with van der Waals surface area (Å²) in [7, 11) is -1.54. The van der Waals surface area contributed by atoms with Crippen LogP contribution in [0.15, 0.2) is 41.4 Å². The van der Waals surface area contributed by atoms with Crippen LogP contribution in [0.4, 0.5) is 11.6 Å². The van der Waals surface area contributed by atoms with Crippen LogP contribution in [0.1, 0.15) is 9.75 Å². The van der Waals surface area contributed by atoms with Gasteiger partial charge < -0.3 is 15.4 Å². The van der Waals surface area contributed by atoms with Crippen molar-refractivity contribution in [1.29, 1.82) is 0 Å². The topological polar surface area (TPSA) is 105 Å². The summed E-state index contributed by atoms with van der Waals surface area (Å²) in [6, 6.07) is 9.34. The molecule has 1 atom stereocenters. The third-order valence-corrected chi connectivity index (χ3v) is 6.95. The molecule has 0 saturated carbocycles. The zero-order chi connectivity index (χ0) is 20.5. The first-order chi connectivity index (χ1) is 14.7. The van der Waals surface area contributed by atoms with Crippen LogP contribution in [-0.2, 0) is 24.1 Å². The van der Waals surface area contributed by atoms with E-state index >= 15 is 0 Å². The molecule has 156 valence electrons. The van der Waals surface area contributed by atoms with E-state index < -0.39 is 11.0 Å². The van der Waals surface area contributed by atoms with Crippen molar-refractivity contribution in [3.63, 3.8) is 0 Å². The summed E-state index contributed by atoms with van der Waals surface area (Å²) in [5.41, 5.74) is 2.65. The largest absolute Gasteiger partial charge is 0.484 e. The molecule has 30 heavy (non-hydrogen) atoms. The Morgan fingerprint density at radius 2 is 2.17 bits per heavy atom. The van der Waals surface area contributed by atoms with Crippen molar-refractivity contribution >= 4 is 34.0 Å². The molecule has 1 fully saturated rings. The van der Waals surface area contributed by atoms with Crippen LogP contribution in [-0.4, -0.2) is 45.3 Å². The SMILES string of the molecule is NS(=O)c1cccc(Nc2ncc3c(n2)-c2cc(CN4CCNCC4)sc2CO3)c1. The predicted octanol–water partition coefficient (Wildman–Crippen LogP) is 2.23. The zero-order valence-electron chi connectivity index (χ0n) is 16.3. The van der Waals surface area contributed by atoms with Gasteiger partial charge in [-0.1, -0.05) is 6.07 Å². The number of anilines is 2. The van der Waals surface area contributed by atoms with Gasteiger partial charge in [0.2, 0.25) is 5.95 Å². The highest BCUT2D eigenvalue weighted by atomic mass is 32.2. The summed E-state index contributed by atoms with van der Waals surface area (Å²) >= 11 is 1.79. The first-order valence-electron chi connectivity index (χ1n) is 9.74. The smallest absolute Gasteiger partial charge is 0.227 e. The lowest BCUT2D eigenvalue weighted by atomic mass is 10.1. The fourth-order valence-corrected chi connectivity index (χ4v) is 5.24. The molecular weight excluding hydrogens is 420 g/mol. The van der Waals surface area contributed by atoms with Crippen LogP contribution in [0.5, 0.6) is 5.75 Å². The Bertz CT molecular complexity index is 1100. The number of rotatable bonds is 5. The summed E-state index contributed by atoms with van der Waals surface area (Å²) in [6.07, 6.45) is 1.70. The number of nitrogens with one attached hydrogen (secondary N) is 2. The Balaban J connectivity index is 1.40. The predicted molar refractivity (Wildman–Crippen MR) is 118 cm³/mol. The first kappa shape index (κ1) is 19.6. The minimum atomic E-state index is -1.54. The van der Waals surface area contributed by atoms with Crippen molar-refractivity contribution in [3.8, 4) is 17.0 Å². The monoisotopic (exact) mass is 442 g/mol. The molecule has 4 N–H and O–H groups in total. The van der Waals surface area contributed by atoms with Crippen LogP contribution < -0.4 is 20.5 Å². The minimum Gasteiger partial charge on any atom is -0.484 e. The molecule has 10 heteroatoms. The van der Waals surface area contributed by atoms with E-state index in [1.54, 1.807) is 35.7 Å². The van der Waals surface area contributed by atoms with E-state index in [2.05, 4.69) is 26.6 Å². The molecular formula is C20H22N6O2S2. The van der Waals surface area contributed by atoms with E-state index in [1.165, 1.54) is 9.75 Å². The molecule has 8 nitrogen and oxygen atoms in total. The second-order valence-corrected chi connectivity index (χ2v) is 9.51.